The van der Waals surface area contributed by atoms with Crippen LogP contribution in [0.4, 0.5) is 0 Å². The molecule has 0 unspecified atom stereocenters. The second-order valence-corrected chi connectivity index (χ2v) is 39.4. The molecule has 1 aliphatic rings. The van der Waals surface area contributed by atoms with Crippen LogP contribution in [0.15, 0.2) is 22.1 Å². The molecule has 0 atom stereocenters. The first kappa shape index (κ1) is 17.2. The van der Waals surface area contributed by atoms with Gasteiger partial charge in [-0.05, 0) is 0 Å². The second-order valence-electron chi connectivity index (χ2n) is 10.3. The zero-order valence-electron chi connectivity index (χ0n) is 10.3. The number of allylic oxidation sites excluding steroid dienone is 4. The zero-order valence-corrected chi connectivity index (χ0v) is 13.5. The molecule has 0 amide bonds. The third-order valence-electron chi connectivity index (χ3n) is 2.70. The summed E-state index contributed by atoms with van der Waals surface area (Å²) in [6.45, 7) is 0. The van der Waals surface area contributed by atoms with E-state index in [2.05, 4.69) is 49.6 Å². The summed E-state index contributed by atoms with van der Waals surface area (Å²) in [5.74, 6) is 0. The predicted octanol–water partition coefficient (Wildman–Crippen LogP) is 5.72. The predicted molar refractivity (Wildman–Crippen MR) is 71.5 cm³/mol. The fraction of sp³-hybridized carbons (Fsp3) is 0.636. The van der Waals surface area contributed by atoms with Gasteiger partial charge in [0, 0.05) is 0 Å². The molecular weight excluding hydrogens is 251 g/mol. The van der Waals surface area contributed by atoms with Gasteiger partial charge in [-0.15, -0.1) is 24.8 Å². The molecule has 0 fully saturated rings. The van der Waals surface area contributed by atoms with Gasteiger partial charge in [-0.1, -0.05) is 0 Å². The van der Waals surface area contributed by atoms with E-state index in [4.69, 9.17) is 0 Å². The molecule has 1 rings (SSSR count). The molecule has 0 spiro atoms. The van der Waals surface area contributed by atoms with Crippen LogP contribution in [-0.2, 0) is 12.7 Å². The average Bonchev–Trinajstić information content (AvgIpc) is 1.99. The van der Waals surface area contributed by atoms with Gasteiger partial charge in [-0.3, -0.25) is 0 Å². The fourth-order valence-corrected chi connectivity index (χ4v) is 5.37. The second kappa shape index (κ2) is 2.71. The van der Waals surface area contributed by atoms with E-state index in [9.17, 15) is 0 Å². The average molecular weight is 276 g/mol. The molecule has 14 heavy (non-hydrogen) atoms. The summed E-state index contributed by atoms with van der Waals surface area (Å²) in [5, 5.41) is 15.0. The first-order valence-electron chi connectivity index (χ1n) is 4.97. The van der Waals surface area contributed by atoms with Crippen LogP contribution in [0.3, 0.4) is 0 Å². The fourth-order valence-electron chi connectivity index (χ4n) is 1.56. The Hall–Kier alpha value is 0.774. The summed E-state index contributed by atoms with van der Waals surface area (Å²) in [6, 6.07) is 0. The molecule has 0 saturated carbocycles. The molecule has 0 N–H and O–H groups in total. The van der Waals surface area contributed by atoms with Gasteiger partial charge in [0.15, 0.2) is 0 Å². The number of halogens is 2. The normalized spacial score (nSPS) is 23.0. The van der Waals surface area contributed by atoms with E-state index in [1.165, 1.54) is 6.42 Å². The number of hydrogen-bond acceptors (Lipinski definition) is 0. The molecule has 3 heteroatoms. The van der Waals surface area contributed by atoms with Gasteiger partial charge in [0.1, 0.15) is 0 Å². The van der Waals surface area contributed by atoms with Crippen molar-refractivity contribution in [3.8, 4) is 0 Å². The SMILES string of the molecule is Cl.Cl.[CH3][Ti]([CH3])([CH3])([CH3])([CH3])([CH3])[C]1=CC=CC1. The number of rotatable bonds is 1. The first-order chi connectivity index (χ1) is 4.80. The Bertz CT molecular complexity index is 288. The minimum atomic E-state index is -3.17. The van der Waals surface area contributed by atoms with Gasteiger partial charge in [-0.25, -0.2) is 0 Å². The standard InChI is InChI=1S/C5H5.6CH3.2ClH.Ti/c1-2-4-5-3-1;;;;;;;;;/h1-3H,4H2;6*1H3;2*1H;. The van der Waals surface area contributed by atoms with E-state index in [0.29, 0.717) is 0 Å². The van der Waals surface area contributed by atoms with Crippen LogP contribution in [0.5, 0.6) is 0 Å². The zero-order chi connectivity index (χ0) is 9.78. The molecule has 0 radical (unpaired) electrons. The van der Waals surface area contributed by atoms with Crippen LogP contribution in [0.25, 0.3) is 0 Å². The maximum atomic E-state index is 2.50. The molecule has 0 nitrogen and oxygen atoms in total. The van der Waals surface area contributed by atoms with E-state index in [1.54, 1.807) is 3.88 Å². The topological polar surface area (TPSA) is 0 Å². The van der Waals surface area contributed by atoms with Crippen molar-refractivity contribution < 1.29 is 12.7 Å². The van der Waals surface area contributed by atoms with Crippen LogP contribution in [0.1, 0.15) is 6.42 Å². The van der Waals surface area contributed by atoms with Crippen molar-refractivity contribution in [2.75, 3.05) is 0 Å². The van der Waals surface area contributed by atoms with Crippen molar-refractivity contribution in [2.45, 2.75) is 37.8 Å². The van der Waals surface area contributed by atoms with E-state index in [-0.39, 0.29) is 24.8 Å². The molecule has 0 aromatic heterocycles. The molecule has 0 saturated heterocycles. The van der Waals surface area contributed by atoms with Crippen LogP contribution in [0.2, 0.25) is 31.4 Å². The van der Waals surface area contributed by atoms with Gasteiger partial charge in [0.25, 0.3) is 0 Å². The monoisotopic (exact) mass is 275 g/mol. The van der Waals surface area contributed by atoms with Crippen LogP contribution < -0.4 is 0 Å². The van der Waals surface area contributed by atoms with Crippen LogP contribution in [0, 0.1) is 0 Å². The molecule has 87 valence electrons. The molecular formula is C11H25Cl2Ti. The maximum absolute atomic E-state index is 3.17. The van der Waals surface area contributed by atoms with E-state index < -0.39 is 12.7 Å². The molecule has 0 aromatic rings. The molecule has 0 heterocycles. The minimum absolute atomic E-state index is 0. The van der Waals surface area contributed by atoms with Crippen molar-refractivity contribution in [1.29, 1.82) is 0 Å². The van der Waals surface area contributed by atoms with Crippen LogP contribution >= 0.6 is 24.8 Å². The van der Waals surface area contributed by atoms with Gasteiger partial charge in [-0.2, -0.15) is 0 Å². The third-order valence-corrected chi connectivity index (χ3v) is 9.29. The van der Waals surface area contributed by atoms with Gasteiger partial charge in [0.2, 0.25) is 0 Å². The quantitative estimate of drug-likeness (QED) is 0.537. The van der Waals surface area contributed by atoms with Gasteiger partial charge >= 0.3 is 72.6 Å². The number of hydrogen-bond donors (Lipinski definition) is 0. The van der Waals surface area contributed by atoms with Gasteiger partial charge in [0.05, 0.1) is 0 Å². The van der Waals surface area contributed by atoms with Gasteiger partial charge < -0.3 is 0 Å². The summed E-state index contributed by atoms with van der Waals surface area (Å²) in [4.78, 5) is 0. The van der Waals surface area contributed by atoms with Crippen LogP contribution in [-0.4, -0.2) is 0 Å². The molecule has 0 aromatic carbocycles. The van der Waals surface area contributed by atoms with Crippen molar-refractivity contribution in [3.05, 3.63) is 22.1 Å². The Morgan fingerprint density at radius 1 is 0.929 bits per heavy atom. The van der Waals surface area contributed by atoms with E-state index in [1.807, 2.05) is 0 Å². The molecule has 1 aliphatic carbocycles. The first-order valence-corrected chi connectivity index (χ1v) is 15.1. The van der Waals surface area contributed by atoms with Crippen molar-refractivity contribution in [3.63, 3.8) is 0 Å². The Kier molecular flexibility index (Phi) is 3.33. The Morgan fingerprint density at radius 3 is 1.50 bits per heavy atom. The Morgan fingerprint density at radius 2 is 1.36 bits per heavy atom. The summed E-state index contributed by atoms with van der Waals surface area (Å²) in [5.41, 5.74) is 0. The van der Waals surface area contributed by atoms with Crippen molar-refractivity contribution in [1.82, 2.24) is 0 Å². The van der Waals surface area contributed by atoms with Crippen molar-refractivity contribution in [2.24, 2.45) is 0 Å². The van der Waals surface area contributed by atoms with E-state index in [0.717, 1.165) is 0 Å². The summed E-state index contributed by atoms with van der Waals surface area (Å²) < 4.78 is 1.67. The summed E-state index contributed by atoms with van der Waals surface area (Å²) in [6.07, 6.45) is 7.97. The Balaban J connectivity index is 0. The van der Waals surface area contributed by atoms with Crippen molar-refractivity contribution >= 4 is 24.8 Å². The Labute approximate surface area is 97.0 Å². The summed E-state index contributed by atoms with van der Waals surface area (Å²) >= 11 is -3.17. The third kappa shape index (κ3) is 4.53. The van der Waals surface area contributed by atoms with E-state index >= 15 is 0 Å². The summed E-state index contributed by atoms with van der Waals surface area (Å²) in [7, 11) is 0. The molecule has 0 bridgehead atoms. The molecule has 0 aliphatic heterocycles.